The lowest BCUT2D eigenvalue weighted by Gasteiger charge is -2.52. The number of pyridine rings is 1. The number of benzene rings is 1. The lowest BCUT2D eigenvalue weighted by atomic mass is 9.65. The molecule has 1 aromatic carbocycles. The highest BCUT2D eigenvalue weighted by Gasteiger charge is 2.61. The van der Waals surface area contributed by atoms with E-state index < -0.39 is 23.3 Å². The number of carbonyl (C=O) groups is 2. The number of aromatic nitrogens is 2. The predicted octanol–water partition coefficient (Wildman–Crippen LogP) is 1.18. The molecule has 0 bridgehead atoms. The average Bonchev–Trinajstić information content (AvgIpc) is 2.78. The second kappa shape index (κ2) is 6.46. The fourth-order valence-corrected chi connectivity index (χ4v) is 5.58. The number of carbonyl (C=O) groups excluding carboxylic acids is 2. The van der Waals surface area contributed by atoms with Gasteiger partial charge in [0.1, 0.15) is 11.5 Å². The van der Waals surface area contributed by atoms with Crippen LogP contribution in [0.5, 0.6) is 0 Å². The summed E-state index contributed by atoms with van der Waals surface area (Å²) in [4.78, 5) is 47.4. The molecule has 0 saturated carbocycles. The van der Waals surface area contributed by atoms with Crippen molar-refractivity contribution in [3.05, 3.63) is 75.2 Å². The molecule has 2 aromatic heterocycles. The Kier molecular flexibility index (Phi) is 3.86. The third kappa shape index (κ3) is 2.34. The standard InChI is InChI=1S/C23H19N5O3S/c1-12-5-4-9-28-17(12)24-18-15(19(28)29)11-23(20(30)25-22(32)26-21(23)31)16-14-7-3-2-6-13(14)8-10-27(16)18/h2-7,9,16H,8,10-11H2,1H3,(H2,25,26,30,31,32)/t16-/m1/s1. The molecule has 160 valence electrons. The molecule has 1 fully saturated rings. The van der Waals surface area contributed by atoms with E-state index in [0.29, 0.717) is 23.6 Å². The number of nitrogens with zero attached hydrogens (tertiary/aromatic N) is 3. The van der Waals surface area contributed by atoms with Crippen LogP contribution < -0.4 is 21.1 Å². The minimum atomic E-state index is -1.54. The zero-order chi connectivity index (χ0) is 22.2. The first kappa shape index (κ1) is 19.1. The first-order valence-electron chi connectivity index (χ1n) is 10.4. The number of anilines is 1. The van der Waals surface area contributed by atoms with E-state index in [9.17, 15) is 14.4 Å². The molecule has 1 atom stereocenters. The fraction of sp³-hybridized carbons (Fsp3) is 0.261. The maximum atomic E-state index is 13.6. The van der Waals surface area contributed by atoms with Crippen LogP contribution in [0, 0.1) is 12.3 Å². The fourth-order valence-electron chi connectivity index (χ4n) is 5.39. The zero-order valence-corrected chi connectivity index (χ0v) is 18.0. The van der Waals surface area contributed by atoms with Gasteiger partial charge in [-0.05, 0) is 48.3 Å². The van der Waals surface area contributed by atoms with Crippen molar-refractivity contribution in [2.75, 3.05) is 11.4 Å². The molecule has 6 rings (SSSR count). The molecule has 5 heterocycles. The normalized spacial score (nSPS) is 21.0. The SMILES string of the molecule is Cc1cccn2c(=O)c3c(nc12)N1CCc2ccccc2[C@@H]1C1(C3)C(=O)NC(=S)NC1=O. The molecule has 0 unspecified atom stereocenters. The van der Waals surface area contributed by atoms with Gasteiger partial charge in [-0.3, -0.25) is 18.8 Å². The molecular formula is C23H19N5O3S. The minimum Gasteiger partial charge on any atom is -0.347 e. The van der Waals surface area contributed by atoms with Crippen LogP contribution in [0.1, 0.15) is 28.3 Å². The quantitative estimate of drug-likeness (QED) is 0.399. The van der Waals surface area contributed by atoms with Crippen molar-refractivity contribution in [1.82, 2.24) is 20.0 Å². The molecule has 3 aliphatic rings. The van der Waals surface area contributed by atoms with E-state index in [1.807, 2.05) is 42.2 Å². The number of hydrogen-bond donors (Lipinski definition) is 2. The molecule has 2 amide bonds. The van der Waals surface area contributed by atoms with Gasteiger partial charge < -0.3 is 15.5 Å². The Morgan fingerprint density at radius 1 is 1.09 bits per heavy atom. The average molecular weight is 446 g/mol. The Morgan fingerprint density at radius 2 is 1.84 bits per heavy atom. The third-order valence-electron chi connectivity index (χ3n) is 6.86. The summed E-state index contributed by atoms with van der Waals surface area (Å²) in [5.41, 5.74) is 1.99. The van der Waals surface area contributed by atoms with Gasteiger partial charge in [-0.15, -0.1) is 0 Å². The van der Waals surface area contributed by atoms with E-state index in [2.05, 4.69) is 10.6 Å². The zero-order valence-electron chi connectivity index (χ0n) is 17.2. The van der Waals surface area contributed by atoms with Crippen LogP contribution in [0.15, 0.2) is 47.4 Å². The van der Waals surface area contributed by atoms with E-state index in [4.69, 9.17) is 17.2 Å². The predicted molar refractivity (Wildman–Crippen MR) is 121 cm³/mol. The molecule has 32 heavy (non-hydrogen) atoms. The van der Waals surface area contributed by atoms with Crippen molar-refractivity contribution in [2.45, 2.75) is 25.8 Å². The van der Waals surface area contributed by atoms with Crippen LogP contribution >= 0.6 is 12.2 Å². The van der Waals surface area contributed by atoms with Crippen LogP contribution in [0.3, 0.4) is 0 Å². The second-order valence-corrected chi connectivity index (χ2v) is 8.94. The van der Waals surface area contributed by atoms with Crippen molar-refractivity contribution in [3.63, 3.8) is 0 Å². The van der Waals surface area contributed by atoms with Crippen molar-refractivity contribution in [3.8, 4) is 0 Å². The Labute approximate surface area is 188 Å². The van der Waals surface area contributed by atoms with Crippen molar-refractivity contribution in [1.29, 1.82) is 0 Å². The number of hydrogen-bond acceptors (Lipinski definition) is 6. The third-order valence-corrected chi connectivity index (χ3v) is 7.07. The van der Waals surface area contributed by atoms with Gasteiger partial charge in [0, 0.05) is 19.2 Å². The summed E-state index contributed by atoms with van der Waals surface area (Å²) in [6.07, 6.45) is 2.33. The topological polar surface area (TPSA) is 95.8 Å². The van der Waals surface area contributed by atoms with Gasteiger partial charge in [0.05, 0.1) is 11.6 Å². The van der Waals surface area contributed by atoms with Gasteiger partial charge in [0.2, 0.25) is 11.8 Å². The number of aryl methyl sites for hydroxylation is 1. The summed E-state index contributed by atoms with van der Waals surface area (Å²) < 4.78 is 1.49. The number of rotatable bonds is 0. The van der Waals surface area contributed by atoms with Gasteiger partial charge >= 0.3 is 0 Å². The summed E-state index contributed by atoms with van der Waals surface area (Å²) in [5.74, 6) is -0.433. The summed E-state index contributed by atoms with van der Waals surface area (Å²) >= 11 is 5.06. The molecule has 1 saturated heterocycles. The van der Waals surface area contributed by atoms with E-state index in [0.717, 1.165) is 23.1 Å². The highest BCUT2D eigenvalue weighted by molar-refractivity contribution is 7.80. The first-order chi connectivity index (χ1) is 15.4. The summed E-state index contributed by atoms with van der Waals surface area (Å²) in [6, 6.07) is 10.9. The number of amides is 2. The molecular weight excluding hydrogens is 426 g/mol. The Morgan fingerprint density at radius 3 is 2.62 bits per heavy atom. The molecule has 3 aromatic rings. The molecule has 0 aliphatic carbocycles. The van der Waals surface area contributed by atoms with Crippen LogP contribution in [0.4, 0.5) is 5.82 Å². The largest absolute Gasteiger partial charge is 0.347 e. The van der Waals surface area contributed by atoms with Gasteiger partial charge in [0.25, 0.3) is 5.56 Å². The van der Waals surface area contributed by atoms with Crippen molar-refractivity contribution in [2.24, 2.45) is 5.41 Å². The summed E-state index contributed by atoms with van der Waals surface area (Å²) in [7, 11) is 0. The molecule has 8 nitrogen and oxygen atoms in total. The molecule has 9 heteroatoms. The number of nitrogens with one attached hydrogen (secondary N) is 2. The lowest BCUT2D eigenvalue weighted by molar-refractivity contribution is -0.146. The lowest BCUT2D eigenvalue weighted by Crippen LogP contribution is -2.69. The van der Waals surface area contributed by atoms with Crippen LogP contribution in [0.2, 0.25) is 0 Å². The smallest absolute Gasteiger partial charge is 0.263 e. The van der Waals surface area contributed by atoms with Gasteiger partial charge in [-0.1, -0.05) is 30.3 Å². The van der Waals surface area contributed by atoms with Crippen LogP contribution in [-0.2, 0) is 22.4 Å². The maximum absolute atomic E-state index is 13.6. The summed E-state index contributed by atoms with van der Waals surface area (Å²) in [5, 5.41) is 5.25. The molecule has 1 spiro atoms. The van der Waals surface area contributed by atoms with Crippen molar-refractivity contribution < 1.29 is 9.59 Å². The molecule has 2 N–H and O–H groups in total. The monoisotopic (exact) mass is 445 g/mol. The minimum absolute atomic E-state index is 0.0175. The van der Waals surface area contributed by atoms with E-state index >= 15 is 0 Å². The Bertz CT molecular complexity index is 1410. The number of fused-ring (bicyclic) bond motifs is 7. The molecule has 3 aliphatic heterocycles. The van der Waals surface area contributed by atoms with E-state index in [-0.39, 0.29) is 17.1 Å². The van der Waals surface area contributed by atoms with Gasteiger partial charge in [0.15, 0.2) is 10.5 Å². The van der Waals surface area contributed by atoms with E-state index in [1.54, 1.807) is 12.3 Å². The van der Waals surface area contributed by atoms with E-state index in [1.165, 1.54) is 4.40 Å². The van der Waals surface area contributed by atoms with Gasteiger partial charge in [-0.2, -0.15) is 0 Å². The number of thiocarbonyl (C=S) groups is 1. The van der Waals surface area contributed by atoms with Crippen LogP contribution in [0.25, 0.3) is 5.65 Å². The van der Waals surface area contributed by atoms with Gasteiger partial charge in [-0.25, -0.2) is 4.98 Å². The Hall–Kier alpha value is -3.59. The first-order valence-corrected chi connectivity index (χ1v) is 10.8. The second-order valence-electron chi connectivity index (χ2n) is 8.53. The molecule has 0 radical (unpaired) electrons. The summed E-state index contributed by atoms with van der Waals surface area (Å²) in [6.45, 7) is 2.44. The highest BCUT2D eigenvalue weighted by atomic mass is 32.1. The maximum Gasteiger partial charge on any atom is 0.263 e. The van der Waals surface area contributed by atoms with Crippen LogP contribution in [-0.4, -0.2) is 32.9 Å². The Balaban J connectivity index is 1.69. The van der Waals surface area contributed by atoms with Crippen molar-refractivity contribution >= 4 is 40.6 Å². The highest BCUT2D eigenvalue weighted by Crippen LogP contribution is 2.51.